The minimum atomic E-state index is -0.149. The molecule has 0 aromatic heterocycles. The standard InChI is InChI=1S/C25H31N3O4/c1-4-32-20-10-7-18(8-11-20)22-16-21(19-9-12-23(30-2)24(15-19)31-3)26-28(22)25(29)17-27-13-5-6-14-27/h7-12,15,22H,4-6,13-14,16-17H2,1-3H3. The Bertz CT molecular complexity index is 968. The maximum absolute atomic E-state index is 13.3. The molecule has 32 heavy (non-hydrogen) atoms. The zero-order valence-corrected chi connectivity index (χ0v) is 19.0. The van der Waals surface area contributed by atoms with Gasteiger partial charge in [-0.3, -0.25) is 9.69 Å². The van der Waals surface area contributed by atoms with Crippen LogP contribution < -0.4 is 14.2 Å². The highest BCUT2D eigenvalue weighted by Gasteiger charge is 2.34. The average molecular weight is 438 g/mol. The lowest BCUT2D eigenvalue weighted by atomic mass is 9.98. The lowest BCUT2D eigenvalue weighted by molar-refractivity contribution is -0.134. The number of carbonyl (C=O) groups excluding carboxylic acids is 1. The van der Waals surface area contributed by atoms with E-state index in [0.717, 1.165) is 48.5 Å². The van der Waals surface area contributed by atoms with E-state index in [1.807, 2.05) is 49.4 Å². The summed E-state index contributed by atoms with van der Waals surface area (Å²) in [5.41, 5.74) is 2.83. The van der Waals surface area contributed by atoms with Crippen molar-refractivity contribution in [3.05, 3.63) is 53.6 Å². The molecule has 0 bridgehead atoms. The Morgan fingerprint density at radius 3 is 2.41 bits per heavy atom. The van der Waals surface area contributed by atoms with Gasteiger partial charge in [0.05, 0.1) is 39.1 Å². The molecule has 0 spiro atoms. The van der Waals surface area contributed by atoms with Gasteiger partial charge in [0.1, 0.15) is 5.75 Å². The minimum absolute atomic E-state index is 0.0289. The Kier molecular flexibility index (Phi) is 6.95. The number of hydrogen-bond donors (Lipinski definition) is 0. The molecule has 4 rings (SSSR count). The predicted molar refractivity (Wildman–Crippen MR) is 124 cm³/mol. The quantitative estimate of drug-likeness (QED) is 0.627. The molecule has 7 nitrogen and oxygen atoms in total. The smallest absolute Gasteiger partial charge is 0.257 e. The monoisotopic (exact) mass is 437 g/mol. The zero-order chi connectivity index (χ0) is 22.5. The number of ether oxygens (including phenoxy) is 3. The van der Waals surface area contributed by atoms with Crippen LogP contribution >= 0.6 is 0 Å². The van der Waals surface area contributed by atoms with Gasteiger partial charge >= 0.3 is 0 Å². The number of likely N-dealkylation sites (tertiary alicyclic amines) is 1. The van der Waals surface area contributed by atoms with E-state index in [1.54, 1.807) is 19.2 Å². The van der Waals surface area contributed by atoms with Crippen LogP contribution in [0.4, 0.5) is 0 Å². The Hall–Kier alpha value is -3.06. The molecule has 1 amide bonds. The number of nitrogens with zero attached hydrogens (tertiary/aromatic N) is 3. The first kappa shape index (κ1) is 22.1. The van der Waals surface area contributed by atoms with Gasteiger partial charge in [-0.15, -0.1) is 0 Å². The molecule has 2 aromatic carbocycles. The van der Waals surface area contributed by atoms with E-state index in [1.165, 1.54) is 0 Å². The minimum Gasteiger partial charge on any atom is -0.494 e. The Balaban J connectivity index is 1.62. The van der Waals surface area contributed by atoms with Crippen LogP contribution in [0, 0.1) is 0 Å². The molecule has 2 aliphatic heterocycles. The van der Waals surface area contributed by atoms with Gasteiger partial charge in [0.15, 0.2) is 11.5 Å². The average Bonchev–Trinajstić information content (AvgIpc) is 3.49. The molecule has 2 aromatic rings. The number of amides is 1. The van der Waals surface area contributed by atoms with Crippen LogP contribution in [0.25, 0.3) is 0 Å². The van der Waals surface area contributed by atoms with Crippen molar-refractivity contribution < 1.29 is 19.0 Å². The van der Waals surface area contributed by atoms with Crippen LogP contribution in [0.5, 0.6) is 17.2 Å². The van der Waals surface area contributed by atoms with Gasteiger partial charge in [-0.1, -0.05) is 12.1 Å². The third kappa shape index (κ3) is 4.72. The van der Waals surface area contributed by atoms with Crippen molar-refractivity contribution in [3.63, 3.8) is 0 Å². The van der Waals surface area contributed by atoms with Gasteiger partial charge in [0, 0.05) is 12.0 Å². The van der Waals surface area contributed by atoms with E-state index in [-0.39, 0.29) is 11.9 Å². The molecule has 170 valence electrons. The number of carbonyl (C=O) groups is 1. The van der Waals surface area contributed by atoms with E-state index in [2.05, 4.69) is 4.90 Å². The Morgan fingerprint density at radius 1 is 1.03 bits per heavy atom. The first-order valence-corrected chi connectivity index (χ1v) is 11.2. The molecular formula is C25H31N3O4. The largest absolute Gasteiger partial charge is 0.494 e. The summed E-state index contributed by atoms with van der Waals surface area (Å²) in [4.78, 5) is 15.5. The van der Waals surface area contributed by atoms with Crippen LogP contribution in [0.2, 0.25) is 0 Å². The summed E-state index contributed by atoms with van der Waals surface area (Å²) in [5.74, 6) is 2.17. The summed E-state index contributed by atoms with van der Waals surface area (Å²) in [6.07, 6.45) is 2.93. The van der Waals surface area contributed by atoms with E-state index >= 15 is 0 Å². The van der Waals surface area contributed by atoms with Crippen LogP contribution in [0.3, 0.4) is 0 Å². The van der Waals surface area contributed by atoms with E-state index < -0.39 is 0 Å². The summed E-state index contributed by atoms with van der Waals surface area (Å²) < 4.78 is 16.4. The summed E-state index contributed by atoms with van der Waals surface area (Å²) in [6.45, 7) is 4.93. The summed E-state index contributed by atoms with van der Waals surface area (Å²) in [5, 5.41) is 6.46. The SMILES string of the molecule is CCOc1ccc(C2CC(c3ccc(OC)c(OC)c3)=NN2C(=O)CN2CCCC2)cc1. The van der Waals surface area contributed by atoms with Gasteiger partial charge in [0.25, 0.3) is 5.91 Å². The number of benzene rings is 2. The number of rotatable bonds is 8. The van der Waals surface area contributed by atoms with Crippen LogP contribution in [-0.2, 0) is 4.79 Å². The number of hydrazone groups is 1. The van der Waals surface area contributed by atoms with Crippen molar-refractivity contribution >= 4 is 11.6 Å². The van der Waals surface area contributed by atoms with Gasteiger partial charge in [0.2, 0.25) is 0 Å². The van der Waals surface area contributed by atoms with Crippen molar-refractivity contribution in [2.24, 2.45) is 5.10 Å². The fourth-order valence-corrected chi connectivity index (χ4v) is 4.35. The van der Waals surface area contributed by atoms with Crippen molar-refractivity contribution in [3.8, 4) is 17.2 Å². The van der Waals surface area contributed by atoms with Crippen LogP contribution in [-0.4, -0.2) is 62.0 Å². The number of hydrogen-bond acceptors (Lipinski definition) is 6. The normalized spacial score (nSPS) is 18.5. The second-order valence-corrected chi connectivity index (χ2v) is 8.06. The molecule has 7 heteroatoms. The van der Waals surface area contributed by atoms with Crippen molar-refractivity contribution in [1.82, 2.24) is 9.91 Å². The first-order valence-electron chi connectivity index (χ1n) is 11.2. The first-order chi connectivity index (χ1) is 15.6. The second kappa shape index (κ2) is 10.0. The van der Waals surface area contributed by atoms with Gasteiger partial charge in [-0.05, 0) is 68.8 Å². The molecule has 0 aliphatic carbocycles. The number of methoxy groups -OCH3 is 2. The van der Waals surface area contributed by atoms with Crippen LogP contribution in [0.15, 0.2) is 47.6 Å². The molecule has 1 saturated heterocycles. The van der Waals surface area contributed by atoms with Crippen molar-refractivity contribution in [2.45, 2.75) is 32.2 Å². The summed E-state index contributed by atoms with van der Waals surface area (Å²) >= 11 is 0. The topological polar surface area (TPSA) is 63.6 Å². The van der Waals surface area contributed by atoms with Gasteiger partial charge < -0.3 is 14.2 Å². The zero-order valence-electron chi connectivity index (χ0n) is 19.0. The van der Waals surface area contributed by atoms with Gasteiger partial charge in [-0.2, -0.15) is 5.10 Å². The van der Waals surface area contributed by atoms with Crippen molar-refractivity contribution in [2.75, 3.05) is 40.5 Å². The van der Waals surface area contributed by atoms with Crippen molar-refractivity contribution in [1.29, 1.82) is 0 Å². The predicted octanol–water partition coefficient (Wildman–Crippen LogP) is 3.88. The molecule has 2 aliphatic rings. The Morgan fingerprint density at radius 2 is 1.75 bits per heavy atom. The fraction of sp³-hybridized carbons (Fsp3) is 0.440. The highest BCUT2D eigenvalue weighted by atomic mass is 16.5. The molecule has 0 N–H and O–H groups in total. The molecule has 2 heterocycles. The van der Waals surface area contributed by atoms with E-state index in [0.29, 0.717) is 31.1 Å². The van der Waals surface area contributed by atoms with Crippen LogP contribution in [0.1, 0.15) is 43.4 Å². The fourth-order valence-electron chi connectivity index (χ4n) is 4.35. The second-order valence-electron chi connectivity index (χ2n) is 8.06. The lowest BCUT2D eigenvalue weighted by Crippen LogP contribution is -2.36. The molecule has 1 unspecified atom stereocenters. The molecule has 1 fully saturated rings. The molecule has 1 atom stereocenters. The lowest BCUT2D eigenvalue weighted by Gasteiger charge is -2.24. The third-order valence-electron chi connectivity index (χ3n) is 6.02. The maximum Gasteiger partial charge on any atom is 0.257 e. The van der Waals surface area contributed by atoms with E-state index in [9.17, 15) is 4.79 Å². The molecule has 0 radical (unpaired) electrons. The summed E-state index contributed by atoms with van der Waals surface area (Å²) in [7, 11) is 3.23. The summed E-state index contributed by atoms with van der Waals surface area (Å²) in [6, 6.07) is 13.6. The molecule has 0 saturated carbocycles. The highest BCUT2D eigenvalue weighted by molar-refractivity contribution is 6.03. The van der Waals surface area contributed by atoms with Gasteiger partial charge in [-0.25, -0.2) is 5.01 Å². The van der Waals surface area contributed by atoms with E-state index in [4.69, 9.17) is 19.3 Å². The highest BCUT2D eigenvalue weighted by Crippen LogP contribution is 2.36. The third-order valence-corrected chi connectivity index (χ3v) is 6.02. The molecular weight excluding hydrogens is 406 g/mol. The Labute approximate surface area is 189 Å². The maximum atomic E-state index is 13.3.